The summed E-state index contributed by atoms with van der Waals surface area (Å²) in [6.45, 7) is 3.41. The van der Waals surface area contributed by atoms with E-state index < -0.39 is 14.6 Å². The van der Waals surface area contributed by atoms with Gasteiger partial charge in [0.05, 0.1) is 21.9 Å². The van der Waals surface area contributed by atoms with E-state index in [1.54, 1.807) is 26.1 Å². The molecule has 0 saturated heterocycles. The van der Waals surface area contributed by atoms with Crippen LogP contribution in [-0.2, 0) is 14.6 Å². The zero-order valence-corrected chi connectivity index (χ0v) is 18.4. The van der Waals surface area contributed by atoms with Crippen LogP contribution in [0.3, 0.4) is 0 Å². The molecular formula is C26H22N2O2S. The number of pyridine rings is 1. The van der Waals surface area contributed by atoms with E-state index in [0.29, 0.717) is 11.1 Å². The highest BCUT2D eigenvalue weighted by atomic mass is 32.2. The SMILES string of the molecule is CC(C)(c1cc(-c2cc(-c3ccccc3)ccc2C#N)c2ncccc2c1)S(C)(=O)=O. The topological polar surface area (TPSA) is 70.8 Å². The van der Waals surface area contributed by atoms with E-state index in [1.807, 2.05) is 66.7 Å². The first-order chi connectivity index (χ1) is 14.7. The number of sulfone groups is 1. The molecule has 0 amide bonds. The quantitative estimate of drug-likeness (QED) is 0.418. The summed E-state index contributed by atoms with van der Waals surface area (Å²) >= 11 is 0. The normalized spacial score (nSPS) is 11.9. The van der Waals surface area contributed by atoms with Crippen molar-refractivity contribution in [3.8, 4) is 28.3 Å². The van der Waals surface area contributed by atoms with E-state index in [4.69, 9.17) is 0 Å². The van der Waals surface area contributed by atoms with Gasteiger partial charge in [0.2, 0.25) is 0 Å². The molecule has 4 rings (SSSR count). The van der Waals surface area contributed by atoms with Crippen LogP contribution in [0.4, 0.5) is 0 Å². The second kappa shape index (κ2) is 7.64. The summed E-state index contributed by atoms with van der Waals surface area (Å²) in [5.74, 6) is 0. The van der Waals surface area contributed by atoms with E-state index in [2.05, 4.69) is 11.1 Å². The van der Waals surface area contributed by atoms with Gasteiger partial charge in [-0.05, 0) is 60.9 Å². The van der Waals surface area contributed by atoms with Gasteiger partial charge in [0.25, 0.3) is 0 Å². The fourth-order valence-electron chi connectivity index (χ4n) is 3.63. The molecule has 4 aromatic rings. The van der Waals surface area contributed by atoms with Gasteiger partial charge in [-0.2, -0.15) is 5.26 Å². The van der Waals surface area contributed by atoms with E-state index >= 15 is 0 Å². The van der Waals surface area contributed by atoms with E-state index in [9.17, 15) is 13.7 Å². The summed E-state index contributed by atoms with van der Waals surface area (Å²) in [4.78, 5) is 4.56. The summed E-state index contributed by atoms with van der Waals surface area (Å²) in [7, 11) is -3.38. The maximum atomic E-state index is 12.5. The van der Waals surface area contributed by atoms with Crippen molar-refractivity contribution in [2.75, 3.05) is 6.26 Å². The van der Waals surface area contributed by atoms with Gasteiger partial charge in [-0.25, -0.2) is 8.42 Å². The van der Waals surface area contributed by atoms with Crippen LogP contribution in [0.5, 0.6) is 0 Å². The Bertz CT molecular complexity index is 1430. The lowest BCUT2D eigenvalue weighted by Crippen LogP contribution is -2.28. The first-order valence-corrected chi connectivity index (χ1v) is 11.8. The van der Waals surface area contributed by atoms with Crippen molar-refractivity contribution in [2.24, 2.45) is 0 Å². The van der Waals surface area contributed by atoms with Gasteiger partial charge < -0.3 is 0 Å². The van der Waals surface area contributed by atoms with E-state index in [1.165, 1.54) is 6.26 Å². The third-order valence-corrected chi connectivity index (χ3v) is 7.95. The van der Waals surface area contributed by atoms with Crippen molar-refractivity contribution in [1.82, 2.24) is 4.98 Å². The Hall–Kier alpha value is -3.49. The minimum Gasteiger partial charge on any atom is -0.256 e. The zero-order chi connectivity index (χ0) is 22.2. The Kier molecular flexibility index (Phi) is 5.12. The summed E-state index contributed by atoms with van der Waals surface area (Å²) in [6.07, 6.45) is 2.96. The number of aromatic nitrogens is 1. The van der Waals surface area contributed by atoms with Crippen LogP contribution < -0.4 is 0 Å². The van der Waals surface area contributed by atoms with Gasteiger partial charge >= 0.3 is 0 Å². The first kappa shape index (κ1) is 20.8. The van der Waals surface area contributed by atoms with Crippen LogP contribution in [0.25, 0.3) is 33.2 Å². The minimum absolute atomic E-state index is 0.515. The molecule has 0 atom stereocenters. The van der Waals surface area contributed by atoms with Crippen molar-refractivity contribution in [1.29, 1.82) is 5.26 Å². The standard InChI is InChI=1S/C26H22N2O2S/c1-26(2,31(3,29)30)22-14-20-10-7-13-28-25(20)24(16-22)23-15-19(11-12-21(23)17-27)18-8-5-4-6-9-18/h4-16H,1-3H3. The van der Waals surface area contributed by atoms with Crippen LogP contribution in [-0.4, -0.2) is 19.7 Å². The third kappa shape index (κ3) is 3.71. The second-order valence-corrected chi connectivity index (χ2v) is 10.7. The lowest BCUT2D eigenvalue weighted by atomic mass is 9.90. The molecule has 0 radical (unpaired) electrons. The molecule has 0 aliphatic carbocycles. The fraction of sp³-hybridized carbons (Fsp3) is 0.154. The van der Waals surface area contributed by atoms with Crippen molar-refractivity contribution >= 4 is 20.7 Å². The van der Waals surface area contributed by atoms with Crippen LogP contribution in [0.15, 0.2) is 79.0 Å². The molecule has 154 valence electrons. The number of nitrogens with zero attached hydrogens (tertiary/aromatic N) is 2. The van der Waals surface area contributed by atoms with Gasteiger partial charge in [0.1, 0.15) is 0 Å². The van der Waals surface area contributed by atoms with E-state index in [0.717, 1.165) is 33.2 Å². The van der Waals surface area contributed by atoms with Crippen LogP contribution in [0, 0.1) is 11.3 Å². The maximum Gasteiger partial charge on any atom is 0.156 e. The van der Waals surface area contributed by atoms with Crippen LogP contribution >= 0.6 is 0 Å². The number of nitriles is 1. The molecule has 0 spiro atoms. The number of hydrogen-bond acceptors (Lipinski definition) is 4. The van der Waals surface area contributed by atoms with E-state index in [-0.39, 0.29) is 0 Å². The molecule has 0 unspecified atom stereocenters. The second-order valence-electron chi connectivity index (χ2n) is 8.12. The highest BCUT2D eigenvalue weighted by Crippen LogP contribution is 2.38. The predicted molar refractivity (Wildman–Crippen MR) is 125 cm³/mol. The molecule has 0 bridgehead atoms. The molecule has 1 heterocycles. The molecular weight excluding hydrogens is 404 g/mol. The van der Waals surface area contributed by atoms with Gasteiger partial charge in [0.15, 0.2) is 9.84 Å². The molecule has 3 aromatic carbocycles. The zero-order valence-electron chi connectivity index (χ0n) is 17.6. The fourth-order valence-corrected chi connectivity index (χ4v) is 4.18. The molecule has 0 aliphatic rings. The van der Waals surface area contributed by atoms with Crippen molar-refractivity contribution < 1.29 is 8.42 Å². The summed E-state index contributed by atoms with van der Waals surface area (Å²) in [5, 5.41) is 10.6. The molecule has 0 N–H and O–H groups in total. The summed E-state index contributed by atoms with van der Waals surface area (Å²) in [6, 6.07) is 25.4. The van der Waals surface area contributed by atoms with Crippen molar-refractivity contribution in [3.05, 3.63) is 90.1 Å². The number of rotatable bonds is 4. The number of fused-ring (bicyclic) bond motifs is 1. The van der Waals surface area contributed by atoms with Gasteiger partial charge in [-0.1, -0.05) is 42.5 Å². The average molecular weight is 427 g/mol. The first-order valence-electron chi connectivity index (χ1n) is 9.91. The third-order valence-electron chi connectivity index (χ3n) is 5.86. The average Bonchev–Trinajstić information content (AvgIpc) is 2.77. The Labute approximate surface area is 182 Å². The van der Waals surface area contributed by atoms with Crippen molar-refractivity contribution in [3.63, 3.8) is 0 Å². The van der Waals surface area contributed by atoms with Crippen LogP contribution in [0.2, 0.25) is 0 Å². The molecule has 0 fully saturated rings. The van der Waals surface area contributed by atoms with Crippen LogP contribution in [0.1, 0.15) is 25.0 Å². The molecule has 0 aliphatic heterocycles. The van der Waals surface area contributed by atoms with Gasteiger partial charge in [0, 0.05) is 29.0 Å². The molecule has 4 nitrogen and oxygen atoms in total. The Balaban J connectivity index is 2.05. The number of benzene rings is 3. The largest absolute Gasteiger partial charge is 0.256 e. The summed E-state index contributed by atoms with van der Waals surface area (Å²) in [5.41, 5.74) is 5.42. The monoisotopic (exact) mass is 426 g/mol. The molecule has 31 heavy (non-hydrogen) atoms. The Morgan fingerprint density at radius 3 is 2.29 bits per heavy atom. The summed E-state index contributed by atoms with van der Waals surface area (Å²) < 4.78 is 24.0. The lowest BCUT2D eigenvalue weighted by Gasteiger charge is -2.24. The Morgan fingerprint density at radius 1 is 0.871 bits per heavy atom. The minimum atomic E-state index is -3.38. The lowest BCUT2D eigenvalue weighted by molar-refractivity contribution is 0.561. The number of hydrogen-bond donors (Lipinski definition) is 0. The van der Waals surface area contributed by atoms with Gasteiger partial charge in [-0.3, -0.25) is 4.98 Å². The smallest absolute Gasteiger partial charge is 0.156 e. The predicted octanol–water partition coefficient (Wildman–Crippen LogP) is 5.72. The maximum absolute atomic E-state index is 12.5. The molecule has 1 aromatic heterocycles. The molecule has 5 heteroatoms. The highest BCUT2D eigenvalue weighted by molar-refractivity contribution is 7.91. The van der Waals surface area contributed by atoms with Gasteiger partial charge in [-0.15, -0.1) is 0 Å². The highest BCUT2D eigenvalue weighted by Gasteiger charge is 2.33. The Morgan fingerprint density at radius 2 is 1.61 bits per heavy atom. The van der Waals surface area contributed by atoms with Crippen molar-refractivity contribution in [2.45, 2.75) is 18.6 Å². The molecule has 0 saturated carbocycles.